The van der Waals surface area contributed by atoms with Crippen LogP contribution >= 0.6 is 0 Å². The zero-order valence-corrected chi connectivity index (χ0v) is 12.0. The molecular formula is C15H29NO2. The third-order valence-electron chi connectivity index (χ3n) is 4.15. The number of carbonyl (C=O) groups is 1. The van der Waals surface area contributed by atoms with Crippen molar-refractivity contribution in [1.29, 1.82) is 0 Å². The van der Waals surface area contributed by atoms with E-state index in [4.69, 9.17) is 5.11 Å². The maximum Gasteiger partial charge on any atom is 0.307 e. The van der Waals surface area contributed by atoms with E-state index in [0.29, 0.717) is 6.04 Å². The first-order chi connectivity index (χ1) is 8.65. The summed E-state index contributed by atoms with van der Waals surface area (Å²) in [4.78, 5) is 13.4. The van der Waals surface area contributed by atoms with Crippen LogP contribution in [0.2, 0.25) is 0 Å². The van der Waals surface area contributed by atoms with Crippen molar-refractivity contribution in [2.45, 2.75) is 71.3 Å². The molecule has 1 saturated heterocycles. The molecule has 1 aliphatic rings. The van der Waals surface area contributed by atoms with Gasteiger partial charge in [-0.1, -0.05) is 39.0 Å². The Bertz CT molecular complexity index is 243. The highest BCUT2D eigenvalue weighted by Gasteiger charge is 2.27. The lowest BCUT2D eigenvalue weighted by Gasteiger charge is -2.35. The minimum absolute atomic E-state index is 0.138. The number of likely N-dealkylation sites (tertiary alicyclic amines) is 1. The number of piperidine rings is 1. The molecule has 0 bridgehead atoms. The van der Waals surface area contributed by atoms with Gasteiger partial charge in [0.15, 0.2) is 0 Å². The average molecular weight is 255 g/mol. The van der Waals surface area contributed by atoms with E-state index in [1.807, 2.05) is 0 Å². The Balaban J connectivity index is 2.20. The van der Waals surface area contributed by atoms with Gasteiger partial charge in [-0.3, -0.25) is 9.69 Å². The summed E-state index contributed by atoms with van der Waals surface area (Å²) in [7, 11) is 0. The molecule has 2 atom stereocenters. The third-order valence-corrected chi connectivity index (χ3v) is 4.15. The van der Waals surface area contributed by atoms with Crippen LogP contribution in [0.25, 0.3) is 0 Å². The molecule has 0 aromatic heterocycles. The van der Waals surface area contributed by atoms with Gasteiger partial charge in [-0.25, -0.2) is 0 Å². The van der Waals surface area contributed by atoms with Crippen LogP contribution in [0.1, 0.15) is 65.2 Å². The van der Waals surface area contributed by atoms with Gasteiger partial charge in [0, 0.05) is 12.6 Å². The lowest BCUT2D eigenvalue weighted by Crippen LogP contribution is -2.43. The largest absolute Gasteiger partial charge is 0.481 e. The number of carboxylic acids is 1. The highest BCUT2D eigenvalue weighted by molar-refractivity contribution is 5.70. The molecule has 0 amide bonds. The molecule has 2 unspecified atom stereocenters. The first kappa shape index (κ1) is 15.5. The fraction of sp³-hybridized carbons (Fsp3) is 0.933. The van der Waals surface area contributed by atoms with Crippen molar-refractivity contribution in [2.24, 2.45) is 5.92 Å². The highest BCUT2D eigenvalue weighted by Crippen LogP contribution is 2.21. The summed E-state index contributed by atoms with van der Waals surface area (Å²) >= 11 is 0. The molecule has 0 radical (unpaired) electrons. The second kappa shape index (κ2) is 8.52. The van der Waals surface area contributed by atoms with Crippen molar-refractivity contribution < 1.29 is 9.90 Å². The fourth-order valence-electron chi connectivity index (χ4n) is 2.83. The molecule has 18 heavy (non-hydrogen) atoms. The summed E-state index contributed by atoms with van der Waals surface area (Å²) in [6.07, 6.45) is 9.72. The Morgan fingerprint density at radius 3 is 2.72 bits per heavy atom. The molecule has 1 rings (SSSR count). The molecule has 3 heteroatoms. The Morgan fingerprint density at radius 2 is 2.06 bits per heavy atom. The van der Waals surface area contributed by atoms with Gasteiger partial charge < -0.3 is 5.11 Å². The van der Waals surface area contributed by atoms with Gasteiger partial charge in [0.25, 0.3) is 0 Å². The molecule has 1 N–H and O–H groups in total. The van der Waals surface area contributed by atoms with Crippen molar-refractivity contribution in [1.82, 2.24) is 4.90 Å². The second-order valence-corrected chi connectivity index (χ2v) is 5.72. The zero-order valence-electron chi connectivity index (χ0n) is 12.0. The number of unbranched alkanes of at least 4 members (excludes halogenated alkanes) is 4. The molecular weight excluding hydrogens is 226 g/mol. The van der Waals surface area contributed by atoms with Crippen LogP contribution in [0, 0.1) is 5.92 Å². The van der Waals surface area contributed by atoms with Crippen molar-refractivity contribution in [2.75, 3.05) is 13.1 Å². The van der Waals surface area contributed by atoms with Crippen LogP contribution in [0.3, 0.4) is 0 Å². The first-order valence-electron chi connectivity index (χ1n) is 7.62. The summed E-state index contributed by atoms with van der Waals surface area (Å²) in [6, 6.07) is 0.550. The van der Waals surface area contributed by atoms with Crippen molar-refractivity contribution in [3.05, 3.63) is 0 Å². The van der Waals surface area contributed by atoms with E-state index in [-0.39, 0.29) is 5.92 Å². The van der Waals surface area contributed by atoms with Crippen LogP contribution in [-0.4, -0.2) is 35.1 Å². The van der Waals surface area contributed by atoms with Crippen molar-refractivity contribution in [3.63, 3.8) is 0 Å². The molecule has 0 aromatic carbocycles. The van der Waals surface area contributed by atoms with Crippen LogP contribution in [0.15, 0.2) is 0 Å². The number of hydrogen-bond donors (Lipinski definition) is 1. The molecule has 0 saturated carbocycles. The monoisotopic (exact) mass is 255 g/mol. The van der Waals surface area contributed by atoms with E-state index in [0.717, 1.165) is 25.9 Å². The smallest absolute Gasteiger partial charge is 0.307 e. The summed E-state index contributed by atoms with van der Waals surface area (Å²) in [5.41, 5.74) is 0. The predicted molar refractivity (Wildman–Crippen MR) is 74.8 cm³/mol. The lowest BCUT2D eigenvalue weighted by molar-refractivity contribution is -0.143. The maximum absolute atomic E-state index is 11.0. The van der Waals surface area contributed by atoms with E-state index >= 15 is 0 Å². The van der Waals surface area contributed by atoms with E-state index in [9.17, 15) is 4.79 Å². The van der Waals surface area contributed by atoms with Crippen LogP contribution < -0.4 is 0 Å². The predicted octanol–water partition coefficient (Wildman–Crippen LogP) is 3.53. The van der Waals surface area contributed by atoms with E-state index < -0.39 is 5.97 Å². The Morgan fingerprint density at radius 1 is 1.33 bits per heavy atom. The normalized spacial score (nSPS) is 22.9. The van der Waals surface area contributed by atoms with Gasteiger partial charge in [0.2, 0.25) is 0 Å². The third kappa shape index (κ3) is 5.38. The Hall–Kier alpha value is -0.570. The number of hydrogen-bond acceptors (Lipinski definition) is 2. The Labute approximate surface area is 112 Å². The molecule has 1 fully saturated rings. The minimum atomic E-state index is -0.616. The van der Waals surface area contributed by atoms with Crippen molar-refractivity contribution >= 4 is 5.97 Å². The number of rotatable bonds is 8. The van der Waals surface area contributed by atoms with Gasteiger partial charge >= 0.3 is 5.97 Å². The van der Waals surface area contributed by atoms with Crippen molar-refractivity contribution in [3.8, 4) is 0 Å². The van der Waals surface area contributed by atoms with Crippen LogP contribution in [0.5, 0.6) is 0 Å². The Kier molecular flexibility index (Phi) is 7.33. The molecule has 1 heterocycles. The summed E-state index contributed by atoms with van der Waals surface area (Å²) in [6.45, 7) is 6.33. The van der Waals surface area contributed by atoms with Gasteiger partial charge in [-0.2, -0.15) is 0 Å². The average Bonchev–Trinajstić information content (AvgIpc) is 2.38. The number of aliphatic carboxylic acids is 1. The molecule has 0 aromatic rings. The molecule has 0 aliphatic carbocycles. The van der Waals surface area contributed by atoms with Gasteiger partial charge in [0.1, 0.15) is 0 Å². The van der Waals surface area contributed by atoms with E-state index in [2.05, 4.69) is 18.7 Å². The zero-order chi connectivity index (χ0) is 13.4. The first-order valence-corrected chi connectivity index (χ1v) is 7.62. The van der Waals surface area contributed by atoms with Gasteiger partial charge in [-0.15, -0.1) is 0 Å². The fourth-order valence-corrected chi connectivity index (χ4v) is 2.83. The van der Waals surface area contributed by atoms with Crippen LogP contribution in [0.4, 0.5) is 0 Å². The molecule has 3 nitrogen and oxygen atoms in total. The second-order valence-electron chi connectivity index (χ2n) is 5.72. The van der Waals surface area contributed by atoms with Gasteiger partial charge in [0.05, 0.1) is 5.92 Å². The highest BCUT2D eigenvalue weighted by atomic mass is 16.4. The summed E-state index contributed by atoms with van der Waals surface area (Å²) < 4.78 is 0. The van der Waals surface area contributed by atoms with Crippen LogP contribution in [-0.2, 0) is 4.79 Å². The van der Waals surface area contributed by atoms with E-state index in [1.165, 1.54) is 38.5 Å². The quantitative estimate of drug-likeness (QED) is 0.674. The summed E-state index contributed by atoms with van der Waals surface area (Å²) in [5, 5.41) is 9.08. The SMILES string of the molecule is CCCCCCCC(C)N1CCCC(C(=O)O)C1. The van der Waals surface area contributed by atoms with E-state index in [1.54, 1.807) is 0 Å². The standard InChI is InChI=1S/C15H29NO2/c1-3-4-5-6-7-9-13(2)16-11-8-10-14(12-16)15(17)18/h13-14H,3-12H2,1-2H3,(H,17,18). The molecule has 1 aliphatic heterocycles. The maximum atomic E-state index is 11.0. The lowest BCUT2D eigenvalue weighted by atomic mass is 9.96. The topological polar surface area (TPSA) is 40.5 Å². The number of nitrogens with zero attached hydrogens (tertiary/aromatic N) is 1. The number of carboxylic acid groups (broad SMARTS) is 1. The van der Waals surface area contributed by atoms with Gasteiger partial charge in [-0.05, 0) is 32.7 Å². The summed E-state index contributed by atoms with van der Waals surface area (Å²) in [5.74, 6) is -0.754. The molecule has 106 valence electrons. The molecule has 0 spiro atoms. The minimum Gasteiger partial charge on any atom is -0.481 e.